The van der Waals surface area contributed by atoms with Crippen LogP contribution in [0.15, 0.2) is 54.7 Å². The molecule has 1 unspecified atom stereocenters. The highest BCUT2D eigenvalue weighted by atomic mass is 16.2. The number of nitrogens with zero attached hydrogens (tertiary/aromatic N) is 3. The minimum atomic E-state index is -0.181. The summed E-state index contributed by atoms with van der Waals surface area (Å²) in [4.78, 5) is 12.6. The molecule has 148 valence electrons. The molecule has 0 saturated carbocycles. The average Bonchev–Trinajstić information content (AvgIpc) is 3.11. The van der Waals surface area contributed by atoms with Crippen LogP contribution in [-0.2, 0) is 6.42 Å². The second-order valence-corrected chi connectivity index (χ2v) is 7.98. The molecule has 0 aliphatic carbocycles. The highest BCUT2D eigenvalue weighted by Crippen LogP contribution is 2.21. The number of pyridine rings is 1. The van der Waals surface area contributed by atoms with E-state index in [1.807, 2.05) is 47.0 Å². The van der Waals surface area contributed by atoms with Crippen molar-refractivity contribution >= 4 is 11.7 Å². The summed E-state index contributed by atoms with van der Waals surface area (Å²) in [7, 11) is 0. The fourth-order valence-electron chi connectivity index (χ4n) is 3.39. The number of carbonyl (C=O) groups is 1. The van der Waals surface area contributed by atoms with E-state index in [-0.39, 0.29) is 17.5 Å². The third kappa shape index (κ3) is 5.09. The first-order valence-electron chi connectivity index (χ1n) is 9.86. The Morgan fingerprint density at radius 3 is 2.61 bits per heavy atom. The summed E-state index contributed by atoms with van der Waals surface area (Å²) >= 11 is 0. The van der Waals surface area contributed by atoms with Gasteiger partial charge in [-0.15, -0.1) is 10.2 Å². The standard InChI is InChI=1S/C22H29N5O/c1-4-10-18(20-26-25-19-13-8-9-14-27(19)20)24-21(28)23-16-22(2,3)15-17-11-6-5-7-12-17/h5-9,11-14,18H,4,10,15-16H2,1-3H3,(H2,23,24,28). The Kier molecular flexibility index (Phi) is 6.29. The zero-order valence-corrected chi connectivity index (χ0v) is 16.9. The minimum Gasteiger partial charge on any atom is -0.338 e. The Labute approximate surface area is 166 Å². The lowest BCUT2D eigenvalue weighted by atomic mass is 9.86. The van der Waals surface area contributed by atoms with Crippen LogP contribution in [0.3, 0.4) is 0 Å². The topological polar surface area (TPSA) is 71.3 Å². The number of hydrogen-bond acceptors (Lipinski definition) is 3. The number of nitrogens with one attached hydrogen (secondary N) is 2. The van der Waals surface area contributed by atoms with Crippen LogP contribution < -0.4 is 10.6 Å². The van der Waals surface area contributed by atoms with Gasteiger partial charge in [-0.05, 0) is 36.0 Å². The molecule has 0 radical (unpaired) electrons. The molecule has 2 N–H and O–H groups in total. The van der Waals surface area contributed by atoms with Crippen molar-refractivity contribution in [2.45, 2.75) is 46.1 Å². The van der Waals surface area contributed by atoms with Crippen LogP contribution in [0.1, 0.15) is 51.0 Å². The summed E-state index contributed by atoms with van der Waals surface area (Å²) in [6, 6.07) is 15.8. The van der Waals surface area contributed by atoms with Crippen LogP contribution in [-0.4, -0.2) is 27.2 Å². The van der Waals surface area contributed by atoms with E-state index in [0.717, 1.165) is 30.7 Å². The van der Waals surface area contributed by atoms with E-state index in [2.05, 4.69) is 53.7 Å². The number of urea groups is 1. The van der Waals surface area contributed by atoms with Crippen LogP contribution in [0.2, 0.25) is 0 Å². The number of aromatic nitrogens is 3. The molecule has 1 atom stereocenters. The van der Waals surface area contributed by atoms with Crippen molar-refractivity contribution in [1.82, 2.24) is 25.2 Å². The molecule has 0 aliphatic rings. The molecule has 0 bridgehead atoms. The van der Waals surface area contributed by atoms with Crippen LogP contribution >= 0.6 is 0 Å². The maximum absolute atomic E-state index is 12.6. The van der Waals surface area contributed by atoms with Gasteiger partial charge in [0.25, 0.3) is 0 Å². The molecule has 0 spiro atoms. The summed E-state index contributed by atoms with van der Waals surface area (Å²) in [6.07, 6.45) is 4.57. The van der Waals surface area contributed by atoms with Crippen molar-refractivity contribution in [2.24, 2.45) is 5.41 Å². The van der Waals surface area contributed by atoms with Gasteiger partial charge in [-0.1, -0.05) is 63.6 Å². The lowest BCUT2D eigenvalue weighted by molar-refractivity contribution is 0.228. The van der Waals surface area contributed by atoms with E-state index < -0.39 is 0 Å². The molecule has 6 heteroatoms. The summed E-state index contributed by atoms with van der Waals surface area (Å²) in [5.74, 6) is 0.760. The second-order valence-electron chi connectivity index (χ2n) is 7.98. The monoisotopic (exact) mass is 379 g/mol. The first-order valence-corrected chi connectivity index (χ1v) is 9.86. The zero-order valence-electron chi connectivity index (χ0n) is 16.9. The highest BCUT2D eigenvalue weighted by molar-refractivity contribution is 5.74. The number of rotatable bonds is 8. The molecule has 3 rings (SSSR count). The molecule has 1 aromatic carbocycles. The molecule has 2 heterocycles. The fraction of sp³-hybridized carbons (Fsp3) is 0.409. The first kappa shape index (κ1) is 19.9. The quantitative estimate of drug-likeness (QED) is 0.618. The summed E-state index contributed by atoms with van der Waals surface area (Å²) < 4.78 is 1.93. The number of benzene rings is 1. The van der Waals surface area contributed by atoms with E-state index in [0.29, 0.717) is 6.54 Å². The fourth-order valence-corrected chi connectivity index (χ4v) is 3.39. The predicted molar refractivity (Wildman–Crippen MR) is 111 cm³/mol. The van der Waals surface area contributed by atoms with Gasteiger partial charge in [0.1, 0.15) is 0 Å². The van der Waals surface area contributed by atoms with Gasteiger partial charge in [-0.25, -0.2) is 4.79 Å². The van der Waals surface area contributed by atoms with Crippen molar-refractivity contribution in [2.75, 3.05) is 6.54 Å². The van der Waals surface area contributed by atoms with Gasteiger partial charge in [0.15, 0.2) is 11.5 Å². The molecular weight excluding hydrogens is 350 g/mol. The van der Waals surface area contributed by atoms with E-state index in [1.54, 1.807) is 0 Å². The molecular formula is C22H29N5O. The zero-order chi connectivity index (χ0) is 20.0. The van der Waals surface area contributed by atoms with E-state index in [9.17, 15) is 4.79 Å². The average molecular weight is 380 g/mol. The Balaban J connectivity index is 1.61. The Hall–Kier alpha value is -2.89. The van der Waals surface area contributed by atoms with Gasteiger partial charge in [-0.3, -0.25) is 4.40 Å². The van der Waals surface area contributed by atoms with Gasteiger partial charge < -0.3 is 10.6 Å². The Bertz CT molecular complexity index is 903. The van der Waals surface area contributed by atoms with Crippen LogP contribution in [0.5, 0.6) is 0 Å². The van der Waals surface area contributed by atoms with Crippen molar-refractivity contribution in [3.63, 3.8) is 0 Å². The minimum absolute atomic E-state index is 0.0412. The number of carbonyl (C=O) groups excluding carboxylic acids is 1. The lowest BCUT2D eigenvalue weighted by Crippen LogP contribution is -2.43. The third-order valence-corrected chi connectivity index (χ3v) is 4.79. The Morgan fingerprint density at radius 1 is 1.11 bits per heavy atom. The van der Waals surface area contributed by atoms with Crippen LogP contribution in [0, 0.1) is 5.41 Å². The highest BCUT2D eigenvalue weighted by Gasteiger charge is 2.22. The van der Waals surface area contributed by atoms with E-state index >= 15 is 0 Å². The maximum atomic E-state index is 12.6. The number of amides is 2. The SMILES string of the molecule is CCCC(NC(=O)NCC(C)(C)Cc1ccccc1)c1nnc2ccccn12. The van der Waals surface area contributed by atoms with Gasteiger partial charge >= 0.3 is 6.03 Å². The summed E-state index contributed by atoms with van der Waals surface area (Å²) in [5, 5.41) is 14.6. The third-order valence-electron chi connectivity index (χ3n) is 4.79. The lowest BCUT2D eigenvalue weighted by Gasteiger charge is -2.26. The molecule has 28 heavy (non-hydrogen) atoms. The summed E-state index contributed by atoms with van der Waals surface area (Å²) in [5.41, 5.74) is 2.01. The van der Waals surface area contributed by atoms with E-state index in [4.69, 9.17) is 0 Å². The smallest absolute Gasteiger partial charge is 0.315 e. The number of fused-ring (bicyclic) bond motifs is 1. The first-order chi connectivity index (χ1) is 13.5. The predicted octanol–water partition coefficient (Wildman–Crippen LogP) is 4.14. The maximum Gasteiger partial charge on any atom is 0.315 e. The molecule has 2 aromatic heterocycles. The van der Waals surface area contributed by atoms with Crippen molar-refractivity contribution in [3.8, 4) is 0 Å². The molecule has 0 saturated heterocycles. The molecule has 2 amide bonds. The van der Waals surface area contributed by atoms with Gasteiger partial charge in [0, 0.05) is 12.7 Å². The van der Waals surface area contributed by atoms with Crippen molar-refractivity contribution in [3.05, 3.63) is 66.1 Å². The largest absolute Gasteiger partial charge is 0.338 e. The second kappa shape index (κ2) is 8.87. The van der Waals surface area contributed by atoms with Gasteiger partial charge in [0.05, 0.1) is 6.04 Å². The van der Waals surface area contributed by atoms with Crippen molar-refractivity contribution < 1.29 is 4.79 Å². The van der Waals surface area contributed by atoms with E-state index in [1.165, 1.54) is 5.56 Å². The normalized spacial score (nSPS) is 12.7. The molecule has 3 aromatic rings. The van der Waals surface area contributed by atoms with Crippen LogP contribution in [0.25, 0.3) is 5.65 Å². The molecule has 6 nitrogen and oxygen atoms in total. The van der Waals surface area contributed by atoms with Gasteiger partial charge in [0.2, 0.25) is 0 Å². The molecule has 0 aliphatic heterocycles. The Morgan fingerprint density at radius 2 is 1.86 bits per heavy atom. The van der Waals surface area contributed by atoms with Gasteiger partial charge in [-0.2, -0.15) is 0 Å². The summed E-state index contributed by atoms with van der Waals surface area (Å²) in [6.45, 7) is 7.01. The van der Waals surface area contributed by atoms with Crippen LogP contribution in [0.4, 0.5) is 4.79 Å². The number of hydrogen-bond donors (Lipinski definition) is 2. The van der Waals surface area contributed by atoms with Crippen molar-refractivity contribution in [1.29, 1.82) is 0 Å². The molecule has 0 fully saturated rings.